The molecular formula is C20H27N7. The lowest BCUT2D eigenvalue weighted by atomic mass is 9.97. The van der Waals surface area contributed by atoms with Crippen LogP contribution in [0.4, 0.5) is 5.82 Å². The molecule has 4 rings (SSSR count). The summed E-state index contributed by atoms with van der Waals surface area (Å²) in [5, 5.41) is 18.0. The second-order valence-corrected chi connectivity index (χ2v) is 7.67. The highest BCUT2D eigenvalue weighted by atomic mass is 15.3. The molecule has 2 aliphatic rings. The topological polar surface area (TPSA) is 73.9 Å². The summed E-state index contributed by atoms with van der Waals surface area (Å²) in [6.45, 7) is 5.13. The van der Waals surface area contributed by atoms with Crippen LogP contribution in [0.25, 0.3) is 0 Å². The standard InChI is InChI=1S/C20H27N7/c1-25-19(15-26-9-3-2-4-10-26)23-24-20(25)17-6-5-11-27(14-17)18-8-7-16(12-21)13-22-18/h7-8,13,17H,2-6,9-11,14-15H2,1H3/t17-/m0/s1. The monoisotopic (exact) mass is 365 g/mol. The Bertz CT molecular complexity index is 799. The van der Waals surface area contributed by atoms with Crippen LogP contribution in [0.3, 0.4) is 0 Å². The average molecular weight is 365 g/mol. The molecule has 1 atom stereocenters. The van der Waals surface area contributed by atoms with Crippen LogP contribution in [-0.2, 0) is 13.6 Å². The molecule has 2 fully saturated rings. The van der Waals surface area contributed by atoms with E-state index < -0.39 is 0 Å². The molecule has 7 nitrogen and oxygen atoms in total. The zero-order valence-electron chi connectivity index (χ0n) is 16.0. The van der Waals surface area contributed by atoms with Gasteiger partial charge in [0.1, 0.15) is 23.5 Å². The minimum atomic E-state index is 0.365. The van der Waals surface area contributed by atoms with Crippen LogP contribution < -0.4 is 4.90 Å². The minimum Gasteiger partial charge on any atom is -0.356 e. The number of hydrogen-bond donors (Lipinski definition) is 0. The summed E-state index contributed by atoms with van der Waals surface area (Å²) in [6.07, 6.45) is 7.82. The lowest BCUT2D eigenvalue weighted by Crippen LogP contribution is -2.36. The van der Waals surface area contributed by atoms with Crippen molar-refractivity contribution >= 4 is 5.82 Å². The molecule has 0 aromatic carbocycles. The van der Waals surface area contributed by atoms with Crippen molar-refractivity contribution < 1.29 is 0 Å². The Balaban J connectivity index is 1.45. The van der Waals surface area contributed by atoms with Crippen LogP contribution in [0.1, 0.15) is 55.2 Å². The van der Waals surface area contributed by atoms with Crippen LogP contribution >= 0.6 is 0 Å². The normalized spacial score (nSPS) is 21.2. The fourth-order valence-electron chi connectivity index (χ4n) is 4.22. The van der Waals surface area contributed by atoms with Gasteiger partial charge in [0, 0.05) is 32.3 Å². The first kappa shape index (κ1) is 17.9. The van der Waals surface area contributed by atoms with E-state index in [2.05, 4.69) is 42.7 Å². The predicted octanol–water partition coefficient (Wildman–Crippen LogP) is 2.45. The SMILES string of the molecule is Cn1c(CN2CCCCC2)nnc1[C@H]1CCCN(c2ccc(C#N)cn2)C1. The summed E-state index contributed by atoms with van der Waals surface area (Å²) >= 11 is 0. The van der Waals surface area contributed by atoms with Gasteiger partial charge in [-0.1, -0.05) is 6.42 Å². The van der Waals surface area contributed by atoms with E-state index >= 15 is 0 Å². The van der Waals surface area contributed by atoms with Crippen molar-refractivity contribution in [2.75, 3.05) is 31.1 Å². The maximum atomic E-state index is 8.95. The number of pyridine rings is 1. The van der Waals surface area contributed by atoms with Crippen molar-refractivity contribution in [1.29, 1.82) is 5.26 Å². The lowest BCUT2D eigenvalue weighted by Gasteiger charge is -2.33. The van der Waals surface area contributed by atoms with Crippen LogP contribution in [-0.4, -0.2) is 50.8 Å². The Morgan fingerprint density at radius 3 is 2.70 bits per heavy atom. The quantitative estimate of drug-likeness (QED) is 0.829. The number of rotatable bonds is 4. The van der Waals surface area contributed by atoms with Crippen LogP contribution in [0.2, 0.25) is 0 Å². The molecule has 2 aromatic heterocycles. The van der Waals surface area contributed by atoms with E-state index in [-0.39, 0.29) is 0 Å². The number of hydrogen-bond acceptors (Lipinski definition) is 6. The van der Waals surface area contributed by atoms with Gasteiger partial charge in [-0.05, 0) is 50.9 Å². The van der Waals surface area contributed by atoms with Crippen LogP contribution in [0, 0.1) is 11.3 Å². The number of likely N-dealkylation sites (tertiary alicyclic amines) is 1. The van der Waals surface area contributed by atoms with Gasteiger partial charge in [-0.2, -0.15) is 5.26 Å². The molecule has 2 aliphatic heterocycles. The number of piperidine rings is 2. The van der Waals surface area contributed by atoms with Crippen molar-refractivity contribution in [3.05, 3.63) is 35.5 Å². The molecule has 27 heavy (non-hydrogen) atoms. The van der Waals surface area contributed by atoms with Crippen molar-refractivity contribution in [3.63, 3.8) is 0 Å². The summed E-state index contributed by atoms with van der Waals surface area (Å²) in [7, 11) is 2.10. The lowest BCUT2D eigenvalue weighted by molar-refractivity contribution is 0.213. The molecule has 7 heteroatoms. The van der Waals surface area contributed by atoms with Gasteiger partial charge < -0.3 is 9.47 Å². The Kier molecular flexibility index (Phi) is 5.35. The molecule has 0 N–H and O–H groups in total. The summed E-state index contributed by atoms with van der Waals surface area (Å²) in [6, 6.07) is 5.91. The third kappa shape index (κ3) is 3.96. The Hall–Kier alpha value is -2.46. The molecule has 2 aromatic rings. The smallest absolute Gasteiger partial charge is 0.146 e. The molecule has 0 aliphatic carbocycles. The van der Waals surface area contributed by atoms with E-state index in [1.165, 1.54) is 32.4 Å². The van der Waals surface area contributed by atoms with Gasteiger partial charge in [0.2, 0.25) is 0 Å². The van der Waals surface area contributed by atoms with E-state index in [0.717, 1.165) is 49.9 Å². The molecule has 0 spiro atoms. The molecule has 0 saturated carbocycles. The van der Waals surface area contributed by atoms with Crippen molar-refractivity contribution in [2.45, 2.75) is 44.6 Å². The summed E-state index contributed by atoms with van der Waals surface area (Å²) in [5.41, 5.74) is 0.600. The second kappa shape index (κ2) is 8.05. The third-order valence-corrected chi connectivity index (χ3v) is 5.80. The minimum absolute atomic E-state index is 0.365. The molecule has 2 saturated heterocycles. The van der Waals surface area contributed by atoms with Gasteiger partial charge in [-0.25, -0.2) is 4.98 Å². The molecule has 142 valence electrons. The van der Waals surface area contributed by atoms with E-state index in [9.17, 15) is 0 Å². The van der Waals surface area contributed by atoms with Crippen LogP contribution in [0.5, 0.6) is 0 Å². The van der Waals surface area contributed by atoms with Crippen LogP contribution in [0.15, 0.2) is 18.3 Å². The first-order chi connectivity index (χ1) is 13.2. The Morgan fingerprint density at radius 1 is 1.11 bits per heavy atom. The number of nitrogens with zero attached hydrogens (tertiary/aromatic N) is 7. The van der Waals surface area contributed by atoms with E-state index in [1.807, 2.05) is 12.1 Å². The van der Waals surface area contributed by atoms with Gasteiger partial charge in [-0.3, -0.25) is 4.90 Å². The highest BCUT2D eigenvalue weighted by Crippen LogP contribution is 2.28. The average Bonchev–Trinajstić information content (AvgIpc) is 3.09. The fourth-order valence-corrected chi connectivity index (χ4v) is 4.22. The Morgan fingerprint density at radius 2 is 1.96 bits per heavy atom. The highest BCUT2D eigenvalue weighted by Gasteiger charge is 2.27. The molecule has 0 radical (unpaired) electrons. The third-order valence-electron chi connectivity index (χ3n) is 5.80. The summed E-state index contributed by atoms with van der Waals surface area (Å²) in [5.74, 6) is 3.46. The Labute approximate surface area is 160 Å². The molecule has 0 amide bonds. The van der Waals surface area contributed by atoms with Crippen molar-refractivity contribution in [3.8, 4) is 6.07 Å². The summed E-state index contributed by atoms with van der Waals surface area (Å²) < 4.78 is 2.20. The van der Waals surface area contributed by atoms with Gasteiger partial charge in [0.05, 0.1) is 12.1 Å². The fraction of sp³-hybridized carbons (Fsp3) is 0.600. The van der Waals surface area contributed by atoms with E-state index in [4.69, 9.17) is 5.26 Å². The van der Waals surface area contributed by atoms with Gasteiger partial charge >= 0.3 is 0 Å². The zero-order chi connectivity index (χ0) is 18.6. The molecule has 0 unspecified atom stereocenters. The maximum absolute atomic E-state index is 8.95. The largest absolute Gasteiger partial charge is 0.356 e. The highest BCUT2D eigenvalue weighted by molar-refractivity contribution is 5.42. The van der Waals surface area contributed by atoms with Gasteiger partial charge in [-0.15, -0.1) is 10.2 Å². The predicted molar refractivity (Wildman–Crippen MR) is 103 cm³/mol. The van der Waals surface area contributed by atoms with E-state index in [1.54, 1.807) is 6.20 Å². The number of anilines is 1. The molecular weight excluding hydrogens is 338 g/mol. The first-order valence-corrected chi connectivity index (χ1v) is 9.96. The maximum Gasteiger partial charge on any atom is 0.146 e. The summed E-state index contributed by atoms with van der Waals surface area (Å²) in [4.78, 5) is 9.25. The first-order valence-electron chi connectivity index (χ1n) is 9.96. The van der Waals surface area contributed by atoms with Crippen molar-refractivity contribution in [2.24, 2.45) is 7.05 Å². The molecule has 4 heterocycles. The number of aromatic nitrogens is 4. The van der Waals surface area contributed by atoms with Gasteiger partial charge in [0.25, 0.3) is 0 Å². The van der Waals surface area contributed by atoms with Crippen molar-refractivity contribution in [1.82, 2.24) is 24.6 Å². The zero-order valence-corrected chi connectivity index (χ0v) is 16.0. The van der Waals surface area contributed by atoms with E-state index in [0.29, 0.717) is 11.5 Å². The van der Waals surface area contributed by atoms with Gasteiger partial charge in [0.15, 0.2) is 0 Å². The number of nitriles is 1. The molecule has 0 bridgehead atoms. The second-order valence-electron chi connectivity index (χ2n) is 7.67.